The minimum atomic E-state index is 0.0312. The highest BCUT2D eigenvalue weighted by Crippen LogP contribution is 2.53. The number of rotatable bonds is 0. The third-order valence-electron chi connectivity index (χ3n) is 3.58. The van der Waals surface area contributed by atoms with Gasteiger partial charge < -0.3 is 5.11 Å². The van der Waals surface area contributed by atoms with Crippen LogP contribution in [0.25, 0.3) is 0 Å². The van der Waals surface area contributed by atoms with Gasteiger partial charge in [-0.3, -0.25) is 0 Å². The van der Waals surface area contributed by atoms with Crippen molar-refractivity contribution in [2.45, 2.75) is 32.8 Å². The van der Waals surface area contributed by atoms with E-state index in [4.69, 9.17) is 0 Å². The maximum absolute atomic E-state index is 9.56. The number of hydrogen-bond acceptors (Lipinski definition) is 1. The monoisotopic (exact) mass is 140 g/mol. The summed E-state index contributed by atoms with van der Waals surface area (Å²) >= 11 is 0. The van der Waals surface area contributed by atoms with E-state index in [1.54, 1.807) is 0 Å². The van der Waals surface area contributed by atoms with E-state index in [2.05, 4.69) is 13.8 Å². The minimum absolute atomic E-state index is 0.0312. The lowest BCUT2D eigenvalue weighted by Gasteiger charge is -2.41. The Morgan fingerprint density at radius 2 is 1.80 bits per heavy atom. The van der Waals surface area contributed by atoms with Crippen molar-refractivity contribution in [2.24, 2.45) is 23.7 Å². The zero-order valence-electron chi connectivity index (χ0n) is 6.75. The molecule has 2 saturated carbocycles. The summed E-state index contributed by atoms with van der Waals surface area (Å²) in [6.45, 7) is 4.54. The third kappa shape index (κ3) is 0.672. The molecule has 1 N–H and O–H groups in total. The third-order valence-corrected chi connectivity index (χ3v) is 3.58. The summed E-state index contributed by atoms with van der Waals surface area (Å²) < 4.78 is 0. The molecule has 5 unspecified atom stereocenters. The van der Waals surface area contributed by atoms with Crippen molar-refractivity contribution in [3.63, 3.8) is 0 Å². The van der Waals surface area contributed by atoms with Gasteiger partial charge in [0.1, 0.15) is 0 Å². The van der Waals surface area contributed by atoms with E-state index in [0.29, 0.717) is 5.92 Å². The molecule has 0 aromatic rings. The van der Waals surface area contributed by atoms with Gasteiger partial charge in [0.05, 0.1) is 6.10 Å². The first-order valence-electron chi connectivity index (χ1n) is 4.38. The first-order valence-corrected chi connectivity index (χ1v) is 4.38. The maximum atomic E-state index is 9.56. The lowest BCUT2D eigenvalue weighted by atomic mass is 9.65. The highest BCUT2D eigenvalue weighted by Gasteiger charge is 2.50. The summed E-state index contributed by atoms with van der Waals surface area (Å²) in [5, 5.41) is 9.56. The van der Waals surface area contributed by atoms with Gasteiger partial charge in [-0.25, -0.2) is 0 Å². The lowest BCUT2D eigenvalue weighted by Crippen LogP contribution is -2.37. The average molecular weight is 140 g/mol. The van der Waals surface area contributed by atoms with Crippen LogP contribution < -0.4 is 0 Å². The summed E-state index contributed by atoms with van der Waals surface area (Å²) in [5.74, 6) is 3.11. The summed E-state index contributed by atoms with van der Waals surface area (Å²) in [7, 11) is 0. The topological polar surface area (TPSA) is 20.2 Å². The van der Waals surface area contributed by atoms with Gasteiger partial charge in [-0.05, 0) is 36.5 Å². The Balaban J connectivity index is 2.09. The summed E-state index contributed by atoms with van der Waals surface area (Å²) in [6.07, 6.45) is 2.45. The Bertz CT molecular complexity index is 144. The Labute approximate surface area is 62.4 Å². The van der Waals surface area contributed by atoms with Crippen molar-refractivity contribution in [3.8, 4) is 0 Å². The van der Waals surface area contributed by atoms with Gasteiger partial charge in [-0.2, -0.15) is 0 Å². The average Bonchev–Trinajstić information content (AvgIpc) is 2.01. The molecule has 2 rings (SSSR count). The second kappa shape index (κ2) is 1.97. The van der Waals surface area contributed by atoms with Gasteiger partial charge in [0.15, 0.2) is 0 Å². The van der Waals surface area contributed by atoms with E-state index in [9.17, 15) is 5.11 Å². The molecule has 5 atom stereocenters. The molecular formula is C9H16O. The fourth-order valence-corrected chi connectivity index (χ4v) is 2.96. The van der Waals surface area contributed by atoms with Crippen LogP contribution in [0.2, 0.25) is 0 Å². The number of aliphatic hydroxyl groups is 1. The Morgan fingerprint density at radius 3 is 2.20 bits per heavy atom. The molecule has 0 radical (unpaired) electrons. The Kier molecular flexibility index (Phi) is 1.31. The molecule has 0 aromatic heterocycles. The largest absolute Gasteiger partial charge is 0.393 e. The van der Waals surface area contributed by atoms with Crippen molar-refractivity contribution < 1.29 is 5.11 Å². The Morgan fingerprint density at radius 1 is 1.10 bits per heavy atom. The van der Waals surface area contributed by atoms with Crippen molar-refractivity contribution in [2.75, 3.05) is 0 Å². The second-order valence-electron chi connectivity index (χ2n) is 4.23. The predicted molar refractivity (Wildman–Crippen MR) is 40.5 cm³/mol. The van der Waals surface area contributed by atoms with Crippen LogP contribution in [0.15, 0.2) is 0 Å². The summed E-state index contributed by atoms with van der Waals surface area (Å²) in [6, 6.07) is 0. The molecule has 0 aromatic carbocycles. The van der Waals surface area contributed by atoms with Crippen molar-refractivity contribution in [1.29, 1.82) is 0 Å². The minimum Gasteiger partial charge on any atom is -0.393 e. The number of aliphatic hydroxyl groups excluding tert-OH is 1. The zero-order valence-corrected chi connectivity index (χ0v) is 6.75. The van der Waals surface area contributed by atoms with Crippen LogP contribution in [0.5, 0.6) is 0 Å². The number of fused-ring (bicyclic) bond motifs is 1. The molecule has 0 aliphatic heterocycles. The standard InChI is InChI=1S/C9H16O/c1-5-4-8(10)9-6(2)3-7(5)9/h5-10H,3-4H2,1-2H3. The van der Waals surface area contributed by atoms with E-state index in [1.165, 1.54) is 6.42 Å². The fourth-order valence-electron chi connectivity index (χ4n) is 2.96. The smallest absolute Gasteiger partial charge is 0.0576 e. The molecule has 0 amide bonds. The first kappa shape index (κ1) is 6.66. The van der Waals surface area contributed by atoms with Crippen molar-refractivity contribution in [3.05, 3.63) is 0 Å². The molecule has 0 saturated heterocycles. The van der Waals surface area contributed by atoms with Crippen LogP contribution in [0.1, 0.15) is 26.7 Å². The van der Waals surface area contributed by atoms with Gasteiger partial charge in [-0.1, -0.05) is 13.8 Å². The van der Waals surface area contributed by atoms with E-state index in [1.807, 2.05) is 0 Å². The van der Waals surface area contributed by atoms with Crippen LogP contribution in [0, 0.1) is 23.7 Å². The van der Waals surface area contributed by atoms with E-state index >= 15 is 0 Å². The van der Waals surface area contributed by atoms with Gasteiger partial charge in [0.2, 0.25) is 0 Å². The van der Waals surface area contributed by atoms with Gasteiger partial charge in [-0.15, -0.1) is 0 Å². The van der Waals surface area contributed by atoms with E-state index in [-0.39, 0.29) is 6.10 Å². The molecule has 2 fully saturated rings. The van der Waals surface area contributed by atoms with Crippen molar-refractivity contribution in [1.82, 2.24) is 0 Å². The number of hydrogen-bond donors (Lipinski definition) is 1. The first-order chi connectivity index (χ1) is 4.70. The van der Waals surface area contributed by atoms with Crippen LogP contribution in [-0.4, -0.2) is 11.2 Å². The molecule has 1 heteroatoms. The van der Waals surface area contributed by atoms with Crippen LogP contribution in [-0.2, 0) is 0 Å². The SMILES string of the molecule is CC1CC(O)C2C(C)CC12. The molecule has 10 heavy (non-hydrogen) atoms. The fraction of sp³-hybridized carbons (Fsp3) is 1.00. The van der Waals surface area contributed by atoms with Crippen LogP contribution >= 0.6 is 0 Å². The molecule has 58 valence electrons. The molecule has 0 heterocycles. The van der Waals surface area contributed by atoms with Crippen LogP contribution in [0.4, 0.5) is 0 Å². The predicted octanol–water partition coefficient (Wildman–Crippen LogP) is 1.66. The van der Waals surface area contributed by atoms with Gasteiger partial charge in [0, 0.05) is 0 Å². The molecule has 2 aliphatic carbocycles. The second-order valence-corrected chi connectivity index (χ2v) is 4.23. The van der Waals surface area contributed by atoms with Gasteiger partial charge >= 0.3 is 0 Å². The van der Waals surface area contributed by atoms with E-state index < -0.39 is 0 Å². The van der Waals surface area contributed by atoms with Crippen LogP contribution in [0.3, 0.4) is 0 Å². The van der Waals surface area contributed by atoms with Gasteiger partial charge in [0.25, 0.3) is 0 Å². The molecule has 2 aliphatic rings. The maximum Gasteiger partial charge on any atom is 0.0576 e. The molecule has 0 bridgehead atoms. The quantitative estimate of drug-likeness (QED) is 0.542. The highest BCUT2D eigenvalue weighted by molar-refractivity contribution is 4.99. The van der Waals surface area contributed by atoms with E-state index in [0.717, 1.165) is 24.2 Å². The zero-order chi connectivity index (χ0) is 7.30. The Hall–Kier alpha value is -0.0400. The summed E-state index contributed by atoms with van der Waals surface area (Å²) in [4.78, 5) is 0. The molecule has 1 nitrogen and oxygen atoms in total. The molecule has 0 spiro atoms. The molecular weight excluding hydrogens is 124 g/mol. The normalized spacial score (nSPS) is 59.7. The summed E-state index contributed by atoms with van der Waals surface area (Å²) in [5.41, 5.74) is 0. The van der Waals surface area contributed by atoms with Crippen molar-refractivity contribution >= 4 is 0 Å². The highest BCUT2D eigenvalue weighted by atomic mass is 16.3. The lowest BCUT2D eigenvalue weighted by molar-refractivity contribution is 0.0107.